The van der Waals surface area contributed by atoms with Crippen LogP contribution in [0.3, 0.4) is 0 Å². The van der Waals surface area contributed by atoms with E-state index in [4.69, 9.17) is 0 Å². The second kappa shape index (κ2) is 5.54. The Bertz CT molecular complexity index is 622. The Kier molecular flexibility index (Phi) is 3.60. The van der Waals surface area contributed by atoms with E-state index in [0.29, 0.717) is 5.56 Å². The molecule has 5 heteroatoms. The van der Waals surface area contributed by atoms with E-state index >= 15 is 0 Å². The summed E-state index contributed by atoms with van der Waals surface area (Å²) in [4.78, 5) is 22.8. The Labute approximate surface area is 118 Å². The number of amides is 1. The molecule has 0 aliphatic carbocycles. The molecule has 0 bridgehead atoms. The Morgan fingerprint density at radius 3 is 2.85 bits per heavy atom. The molecule has 0 radical (unpaired) electrons. The number of nitrogens with one attached hydrogen (secondary N) is 1. The molecule has 1 unspecified atom stereocenters. The van der Waals surface area contributed by atoms with E-state index in [1.807, 2.05) is 30.1 Å². The van der Waals surface area contributed by atoms with Crippen LogP contribution in [0.5, 0.6) is 0 Å². The first-order chi connectivity index (χ1) is 9.75. The van der Waals surface area contributed by atoms with Crippen molar-refractivity contribution in [1.82, 2.24) is 20.2 Å². The van der Waals surface area contributed by atoms with Gasteiger partial charge in [-0.3, -0.25) is 14.8 Å². The van der Waals surface area contributed by atoms with E-state index in [-0.39, 0.29) is 11.9 Å². The zero-order chi connectivity index (χ0) is 13.9. The number of carbonyl (C=O) groups is 1. The maximum absolute atomic E-state index is 12.5. The van der Waals surface area contributed by atoms with Gasteiger partial charge in [0.05, 0.1) is 11.0 Å². The number of hydrogen-bond acceptors (Lipinski definition) is 4. The molecule has 1 aromatic heterocycles. The number of likely N-dealkylation sites (N-methyl/N-ethyl adjacent to an activating group) is 1. The van der Waals surface area contributed by atoms with Gasteiger partial charge >= 0.3 is 0 Å². The molecule has 1 N–H and O–H groups in total. The highest BCUT2D eigenvalue weighted by atomic mass is 16.2. The number of hydrogen-bond donors (Lipinski definition) is 1. The molecule has 1 atom stereocenters. The van der Waals surface area contributed by atoms with Crippen molar-refractivity contribution >= 4 is 16.9 Å². The van der Waals surface area contributed by atoms with E-state index in [1.165, 1.54) is 0 Å². The van der Waals surface area contributed by atoms with Crippen molar-refractivity contribution in [2.45, 2.75) is 18.9 Å². The largest absolute Gasteiger partial charge is 0.337 e. The summed E-state index contributed by atoms with van der Waals surface area (Å²) in [5.74, 6) is 0.0475. The molecule has 3 rings (SSSR count). The third kappa shape index (κ3) is 2.49. The zero-order valence-corrected chi connectivity index (χ0v) is 11.5. The number of fused-ring (bicyclic) bond motifs is 1. The zero-order valence-electron chi connectivity index (χ0n) is 11.5. The average Bonchev–Trinajstić information content (AvgIpc) is 2.54. The first-order valence-electron chi connectivity index (χ1n) is 6.94. The van der Waals surface area contributed by atoms with Crippen LogP contribution in [0, 0.1) is 0 Å². The molecule has 2 aromatic rings. The number of nitrogens with zero attached hydrogens (tertiary/aromatic N) is 3. The second-order valence-corrected chi connectivity index (χ2v) is 5.18. The van der Waals surface area contributed by atoms with E-state index in [2.05, 4.69) is 15.3 Å². The van der Waals surface area contributed by atoms with Gasteiger partial charge in [-0.05, 0) is 37.6 Å². The van der Waals surface area contributed by atoms with Gasteiger partial charge in [-0.2, -0.15) is 0 Å². The quantitative estimate of drug-likeness (QED) is 0.897. The minimum absolute atomic E-state index is 0.0475. The van der Waals surface area contributed by atoms with Crippen LogP contribution in [-0.4, -0.2) is 47.0 Å². The lowest BCUT2D eigenvalue weighted by Gasteiger charge is -2.31. The van der Waals surface area contributed by atoms with Crippen molar-refractivity contribution in [3.63, 3.8) is 0 Å². The summed E-state index contributed by atoms with van der Waals surface area (Å²) in [5, 5.41) is 3.34. The molecule has 1 aliphatic rings. The van der Waals surface area contributed by atoms with Gasteiger partial charge in [-0.15, -0.1) is 0 Å². The summed E-state index contributed by atoms with van der Waals surface area (Å²) in [5.41, 5.74) is 2.24. The molecule has 1 fully saturated rings. The molecule has 0 saturated carbocycles. The van der Waals surface area contributed by atoms with Gasteiger partial charge in [0.25, 0.3) is 5.91 Å². The van der Waals surface area contributed by atoms with E-state index in [1.54, 1.807) is 12.4 Å². The molecule has 1 aliphatic heterocycles. The highest BCUT2D eigenvalue weighted by molar-refractivity contribution is 5.97. The van der Waals surface area contributed by atoms with Gasteiger partial charge in [0.2, 0.25) is 0 Å². The Balaban J connectivity index is 1.83. The summed E-state index contributed by atoms with van der Waals surface area (Å²) in [7, 11) is 1.88. The van der Waals surface area contributed by atoms with Gasteiger partial charge in [-0.25, -0.2) is 0 Å². The number of benzene rings is 1. The summed E-state index contributed by atoms with van der Waals surface area (Å²) in [6.07, 6.45) is 5.48. The molecule has 104 valence electrons. The summed E-state index contributed by atoms with van der Waals surface area (Å²) in [6.45, 7) is 1.92. The Morgan fingerprint density at radius 1 is 1.30 bits per heavy atom. The number of piperidine rings is 1. The second-order valence-electron chi connectivity index (χ2n) is 5.18. The number of carbonyl (C=O) groups excluding carboxylic acids is 1. The summed E-state index contributed by atoms with van der Waals surface area (Å²) in [6, 6.07) is 5.76. The molecule has 5 nitrogen and oxygen atoms in total. The van der Waals surface area contributed by atoms with Crippen molar-refractivity contribution in [3.05, 3.63) is 36.2 Å². The standard InChI is InChI=1S/C15H18N4O/c1-19(12-3-2-6-16-10-12)15(20)11-4-5-13-14(9-11)18-8-7-17-13/h4-5,7-9,12,16H,2-3,6,10H2,1H3. The minimum Gasteiger partial charge on any atom is -0.337 e. The third-order valence-corrected chi connectivity index (χ3v) is 3.86. The highest BCUT2D eigenvalue weighted by Crippen LogP contribution is 2.16. The Morgan fingerprint density at radius 2 is 2.10 bits per heavy atom. The van der Waals surface area contributed by atoms with Crippen molar-refractivity contribution in [2.75, 3.05) is 20.1 Å². The smallest absolute Gasteiger partial charge is 0.253 e. The highest BCUT2D eigenvalue weighted by Gasteiger charge is 2.22. The fourth-order valence-corrected chi connectivity index (χ4v) is 2.63. The molecule has 0 spiro atoms. The normalized spacial score (nSPS) is 18.9. The topological polar surface area (TPSA) is 58.1 Å². The van der Waals surface area contributed by atoms with Crippen molar-refractivity contribution in [2.24, 2.45) is 0 Å². The van der Waals surface area contributed by atoms with E-state index < -0.39 is 0 Å². The fraction of sp³-hybridized carbons (Fsp3) is 0.400. The fourth-order valence-electron chi connectivity index (χ4n) is 2.63. The summed E-state index contributed by atoms with van der Waals surface area (Å²) < 4.78 is 0. The van der Waals surface area contributed by atoms with Gasteiger partial charge in [0, 0.05) is 37.6 Å². The van der Waals surface area contributed by atoms with Crippen LogP contribution in [0.4, 0.5) is 0 Å². The third-order valence-electron chi connectivity index (χ3n) is 3.86. The molecule has 1 saturated heterocycles. The van der Waals surface area contributed by atoms with Gasteiger partial charge in [0.1, 0.15) is 0 Å². The molecule has 20 heavy (non-hydrogen) atoms. The van der Waals surface area contributed by atoms with E-state index in [0.717, 1.165) is 37.0 Å². The SMILES string of the molecule is CN(C(=O)c1ccc2nccnc2c1)C1CCCNC1. The van der Waals surface area contributed by atoms with Crippen LogP contribution in [0.25, 0.3) is 11.0 Å². The number of aromatic nitrogens is 2. The summed E-state index contributed by atoms with van der Waals surface area (Å²) >= 11 is 0. The van der Waals surface area contributed by atoms with Crippen molar-refractivity contribution in [3.8, 4) is 0 Å². The van der Waals surface area contributed by atoms with Crippen molar-refractivity contribution < 1.29 is 4.79 Å². The molecular formula is C15H18N4O. The first kappa shape index (κ1) is 13.0. The van der Waals surface area contributed by atoms with E-state index in [9.17, 15) is 4.79 Å². The van der Waals surface area contributed by atoms with Gasteiger partial charge < -0.3 is 10.2 Å². The Hall–Kier alpha value is -2.01. The van der Waals surface area contributed by atoms with Gasteiger partial charge in [0.15, 0.2) is 0 Å². The van der Waals surface area contributed by atoms with Crippen LogP contribution in [-0.2, 0) is 0 Å². The van der Waals surface area contributed by atoms with Crippen LogP contribution < -0.4 is 5.32 Å². The lowest BCUT2D eigenvalue weighted by Crippen LogP contribution is -2.46. The minimum atomic E-state index is 0.0475. The van der Waals surface area contributed by atoms with Crippen LogP contribution in [0.15, 0.2) is 30.6 Å². The number of rotatable bonds is 2. The van der Waals surface area contributed by atoms with Crippen LogP contribution in [0.1, 0.15) is 23.2 Å². The molecule has 1 amide bonds. The monoisotopic (exact) mass is 270 g/mol. The molecule has 1 aromatic carbocycles. The maximum atomic E-state index is 12.5. The average molecular weight is 270 g/mol. The molecule has 2 heterocycles. The lowest BCUT2D eigenvalue weighted by atomic mass is 10.0. The molecular weight excluding hydrogens is 252 g/mol. The van der Waals surface area contributed by atoms with Gasteiger partial charge in [-0.1, -0.05) is 0 Å². The van der Waals surface area contributed by atoms with Crippen LogP contribution in [0.2, 0.25) is 0 Å². The lowest BCUT2D eigenvalue weighted by molar-refractivity contribution is 0.0708. The van der Waals surface area contributed by atoms with Crippen LogP contribution >= 0.6 is 0 Å². The predicted molar refractivity (Wildman–Crippen MR) is 77.5 cm³/mol. The predicted octanol–water partition coefficient (Wildman–Crippen LogP) is 1.45. The maximum Gasteiger partial charge on any atom is 0.253 e. The first-order valence-corrected chi connectivity index (χ1v) is 6.94. The van der Waals surface area contributed by atoms with Crippen molar-refractivity contribution in [1.29, 1.82) is 0 Å².